The number of nitrogens with one attached hydrogen (secondary N) is 1. The van der Waals surface area contributed by atoms with Crippen molar-refractivity contribution in [1.29, 1.82) is 0 Å². The number of nitrogens with zero attached hydrogens (tertiary/aromatic N) is 3. The van der Waals surface area contributed by atoms with E-state index in [1.54, 1.807) is 19.0 Å². The van der Waals surface area contributed by atoms with Crippen LogP contribution in [0.15, 0.2) is 12.3 Å². The van der Waals surface area contributed by atoms with E-state index >= 15 is 0 Å². The maximum atomic E-state index is 12.9. The number of carbonyl (C=O) groups excluding carboxylic acids is 1. The first-order valence-electron chi connectivity index (χ1n) is 7.00. The minimum atomic E-state index is -4.43. The topological polar surface area (TPSA) is 48.5 Å². The van der Waals surface area contributed by atoms with Crippen LogP contribution in [0.1, 0.15) is 12.0 Å². The molecule has 8 heteroatoms. The van der Waals surface area contributed by atoms with Crippen LogP contribution in [0.2, 0.25) is 0 Å². The summed E-state index contributed by atoms with van der Waals surface area (Å²) in [5.41, 5.74) is -0.380. The number of rotatable bonds is 4. The number of pyridine rings is 1. The molecular weight excluding hydrogens is 297 g/mol. The monoisotopic (exact) mass is 316 g/mol. The Balaban J connectivity index is 2.42. The van der Waals surface area contributed by atoms with Crippen LogP contribution >= 0.6 is 0 Å². The quantitative estimate of drug-likeness (QED) is 0.854. The fourth-order valence-electron chi connectivity index (χ4n) is 2.51. The summed E-state index contributed by atoms with van der Waals surface area (Å²) in [7, 11) is 3.36. The Labute approximate surface area is 127 Å². The molecule has 1 aliphatic heterocycles. The Hall–Kier alpha value is -1.83. The van der Waals surface area contributed by atoms with E-state index in [1.807, 2.05) is 4.90 Å². The summed E-state index contributed by atoms with van der Waals surface area (Å²) in [5.74, 6) is 0.478. The predicted octanol–water partition coefficient (Wildman–Crippen LogP) is 1.53. The average Bonchev–Trinajstić information content (AvgIpc) is 2.46. The van der Waals surface area contributed by atoms with E-state index in [9.17, 15) is 18.0 Å². The highest BCUT2D eigenvalue weighted by Crippen LogP contribution is 2.35. The molecule has 2 rings (SSSR count). The Bertz CT molecular complexity index is 533. The van der Waals surface area contributed by atoms with Crippen molar-refractivity contribution in [3.8, 4) is 0 Å². The summed E-state index contributed by atoms with van der Waals surface area (Å²) in [5, 5.41) is 3.18. The molecule has 1 aromatic rings. The molecule has 1 aliphatic rings. The largest absolute Gasteiger partial charge is 0.417 e. The minimum Gasteiger partial charge on any atom is -0.375 e. The molecule has 0 bridgehead atoms. The van der Waals surface area contributed by atoms with Crippen molar-refractivity contribution < 1.29 is 18.0 Å². The predicted molar refractivity (Wildman–Crippen MR) is 78.3 cm³/mol. The van der Waals surface area contributed by atoms with E-state index in [2.05, 4.69) is 10.3 Å². The fourth-order valence-corrected chi connectivity index (χ4v) is 2.51. The number of alkyl halides is 3. The van der Waals surface area contributed by atoms with Crippen molar-refractivity contribution in [3.05, 3.63) is 17.8 Å². The highest BCUT2D eigenvalue weighted by atomic mass is 19.4. The van der Waals surface area contributed by atoms with Crippen LogP contribution < -0.4 is 15.1 Å². The zero-order valence-electron chi connectivity index (χ0n) is 12.5. The fraction of sp³-hybridized carbons (Fsp3) is 0.571. The van der Waals surface area contributed by atoms with Crippen molar-refractivity contribution >= 4 is 17.8 Å². The van der Waals surface area contributed by atoms with Crippen molar-refractivity contribution in [1.82, 2.24) is 10.3 Å². The van der Waals surface area contributed by atoms with Gasteiger partial charge in [0.1, 0.15) is 6.29 Å². The van der Waals surface area contributed by atoms with Crippen molar-refractivity contribution in [2.24, 2.45) is 0 Å². The molecule has 0 radical (unpaired) electrons. The zero-order valence-corrected chi connectivity index (χ0v) is 12.5. The Kier molecular flexibility index (Phi) is 4.90. The normalized spacial score (nSPS) is 19.1. The molecule has 0 aromatic carbocycles. The number of aromatic nitrogens is 1. The van der Waals surface area contributed by atoms with Gasteiger partial charge in [-0.25, -0.2) is 4.98 Å². The summed E-state index contributed by atoms with van der Waals surface area (Å²) in [6.45, 7) is 1.90. The van der Waals surface area contributed by atoms with Crippen LogP contribution in [0.3, 0.4) is 0 Å². The second-order valence-electron chi connectivity index (χ2n) is 5.41. The summed E-state index contributed by atoms with van der Waals surface area (Å²) in [6, 6.07) is 0.997. The molecule has 1 atom stereocenters. The van der Waals surface area contributed by atoms with Gasteiger partial charge in [-0.2, -0.15) is 13.2 Å². The summed E-state index contributed by atoms with van der Waals surface area (Å²) < 4.78 is 38.6. The van der Waals surface area contributed by atoms with Gasteiger partial charge in [-0.1, -0.05) is 0 Å². The highest BCUT2D eigenvalue weighted by Gasteiger charge is 2.33. The third-order valence-corrected chi connectivity index (χ3v) is 3.65. The van der Waals surface area contributed by atoms with Crippen LogP contribution in [-0.2, 0) is 11.0 Å². The first kappa shape index (κ1) is 16.5. The first-order chi connectivity index (χ1) is 10.3. The molecule has 5 nitrogen and oxygen atoms in total. The zero-order chi connectivity index (χ0) is 16.3. The first-order valence-corrected chi connectivity index (χ1v) is 7.00. The average molecular weight is 316 g/mol. The number of carbonyl (C=O) groups is 1. The SMILES string of the molecule is CN(C)c1cc(C(F)(F)F)cnc1N1CCNCC1CC=O. The van der Waals surface area contributed by atoms with E-state index in [4.69, 9.17) is 0 Å². The van der Waals surface area contributed by atoms with Gasteiger partial charge in [0.2, 0.25) is 0 Å². The van der Waals surface area contributed by atoms with Crippen LogP contribution in [0.25, 0.3) is 0 Å². The number of anilines is 2. The van der Waals surface area contributed by atoms with Gasteiger partial charge >= 0.3 is 6.18 Å². The van der Waals surface area contributed by atoms with Gasteiger partial charge in [0, 0.05) is 52.4 Å². The molecule has 1 N–H and O–H groups in total. The molecule has 1 saturated heterocycles. The second-order valence-corrected chi connectivity index (χ2v) is 5.41. The number of aldehydes is 1. The number of hydrogen-bond acceptors (Lipinski definition) is 5. The number of hydrogen-bond donors (Lipinski definition) is 1. The molecule has 0 saturated carbocycles. The lowest BCUT2D eigenvalue weighted by atomic mass is 10.1. The Morgan fingerprint density at radius 3 is 2.82 bits per heavy atom. The summed E-state index contributed by atoms with van der Waals surface area (Å²) in [4.78, 5) is 18.4. The van der Waals surface area contributed by atoms with Crippen molar-refractivity contribution in [3.63, 3.8) is 0 Å². The molecule has 1 unspecified atom stereocenters. The van der Waals surface area contributed by atoms with Gasteiger partial charge in [-0.05, 0) is 6.07 Å². The van der Waals surface area contributed by atoms with E-state index < -0.39 is 11.7 Å². The van der Waals surface area contributed by atoms with E-state index in [-0.39, 0.29) is 6.04 Å². The number of piperazine rings is 1. The summed E-state index contributed by atoms with van der Waals surface area (Å²) in [6.07, 6.45) is -2.45. The molecular formula is C14H19F3N4O. The van der Waals surface area contributed by atoms with Crippen LogP contribution in [0.5, 0.6) is 0 Å². The lowest BCUT2D eigenvalue weighted by Crippen LogP contribution is -2.52. The van der Waals surface area contributed by atoms with Gasteiger partial charge in [0.15, 0.2) is 5.82 Å². The van der Waals surface area contributed by atoms with E-state index in [0.717, 1.165) is 18.5 Å². The standard InChI is InChI=1S/C14H19F3N4O/c1-20(2)12-7-10(14(15,16)17)8-19-13(12)21-5-4-18-9-11(21)3-6-22/h6-8,11,18H,3-5,9H2,1-2H3. The third kappa shape index (κ3) is 3.49. The molecule has 0 amide bonds. The molecule has 22 heavy (non-hydrogen) atoms. The third-order valence-electron chi connectivity index (χ3n) is 3.65. The van der Waals surface area contributed by atoms with Crippen LogP contribution in [-0.4, -0.2) is 51.0 Å². The lowest BCUT2D eigenvalue weighted by Gasteiger charge is -2.38. The second kappa shape index (κ2) is 6.51. The van der Waals surface area contributed by atoms with Crippen molar-refractivity contribution in [2.45, 2.75) is 18.6 Å². The van der Waals surface area contributed by atoms with Crippen LogP contribution in [0.4, 0.5) is 24.7 Å². The summed E-state index contributed by atoms with van der Waals surface area (Å²) >= 11 is 0. The minimum absolute atomic E-state index is 0.103. The van der Waals surface area contributed by atoms with Gasteiger partial charge in [0.25, 0.3) is 0 Å². The molecule has 1 fully saturated rings. The molecule has 122 valence electrons. The van der Waals surface area contributed by atoms with Gasteiger partial charge in [-0.3, -0.25) is 0 Å². The van der Waals surface area contributed by atoms with Crippen LogP contribution in [0, 0.1) is 0 Å². The lowest BCUT2D eigenvalue weighted by molar-refractivity contribution is -0.137. The molecule has 0 aliphatic carbocycles. The van der Waals surface area contributed by atoms with Gasteiger partial charge in [-0.15, -0.1) is 0 Å². The highest BCUT2D eigenvalue weighted by molar-refractivity contribution is 5.69. The van der Waals surface area contributed by atoms with Crippen molar-refractivity contribution in [2.75, 3.05) is 43.5 Å². The van der Waals surface area contributed by atoms with Gasteiger partial charge in [0.05, 0.1) is 11.3 Å². The maximum Gasteiger partial charge on any atom is 0.417 e. The maximum absolute atomic E-state index is 12.9. The molecule has 0 spiro atoms. The van der Waals surface area contributed by atoms with Gasteiger partial charge < -0.3 is 19.9 Å². The molecule has 2 heterocycles. The number of halogens is 3. The Morgan fingerprint density at radius 1 is 1.50 bits per heavy atom. The Morgan fingerprint density at radius 2 is 2.23 bits per heavy atom. The smallest absolute Gasteiger partial charge is 0.375 e. The van der Waals surface area contributed by atoms with E-state index in [0.29, 0.717) is 37.6 Å². The molecule has 1 aromatic heterocycles. The van der Waals surface area contributed by atoms with E-state index in [1.165, 1.54) is 0 Å².